The van der Waals surface area contributed by atoms with Crippen molar-refractivity contribution in [3.05, 3.63) is 24.3 Å². The molecule has 0 radical (unpaired) electrons. The van der Waals surface area contributed by atoms with Gasteiger partial charge in [-0.15, -0.1) is 0 Å². The first-order valence-electron chi connectivity index (χ1n) is 5.57. The number of methoxy groups -OCH3 is 1. The maximum Gasteiger partial charge on any atom is 0.119 e. The summed E-state index contributed by atoms with van der Waals surface area (Å²) in [5, 5.41) is 12.6. The van der Waals surface area contributed by atoms with E-state index in [0.29, 0.717) is 0 Å². The zero-order valence-electron chi connectivity index (χ0n) is 9.52. The van der Waals surface area contributed by atoms with Gasteiger partial charge in [0.15, 0.2) is 0 Å². The molecule has 0 aromatic heterocycles. The third kappa shape index (κ3) is 2.28. The highest BCUT2D eigenvalue weighted by atomic mass is 16.5. The number of rotatable bonds is 3. The lowest BCUT2D eigenvalue weighted by Gasteiger charge is -2.37. The van der Waals surface area contributed by atoms with Crippen LogP contribution in [0.4, 0.5) is 5.69 Å². The number of nitrogens with zero attached hydrogens (tertiary/aromatic N) is 1. The molecule has 0 saturated carbocycles. The monoisotopic (exact) mass is 222 g/mol. The first-order chi connectivity index (χ1) is 7.85. The maximum atomic E-state index is 9.32. The molecular weight excluding hydrogens is 204 g/mol. The summed E-state index contributed by atoms with van der Waals surface area (Å²) in [4.78, 5) is 2.23. The Morgan fingerprint density at radius 3 is 2.81 bits per heavy atom. The second-order valence-electron chi connectivity index (χ2n) is 3.93. The molecule has 1 saturated heterocycles. The van der Waals surface area contributed by atoms with Crippen molar-refractivity contribution in [2.45, 2.75) is 6.04 Å². The van der Waals surface area contributed by atoms with Gasteiger partial charge in [-0.1, -0.05) is 0 Å². The Bertz CT molecular complexity index is 326. The predicted molar refractivity (Wildman–Crippen MR) is 64.1 cm³/mol. The average molecular weight is 222 g/mol. The van der Waals surface area contributed by atoms with Crippen molar-refractivity contribution in [2.24, 2.45) is 0 Å². The summed E-state index contributed by atoms with van der Waals surface area (Å²) in [6.45, 7) is 2.90. The fourth-order valence-corrected chi connectivity index (χ4v) is 2.04. The topological polar surface area (TPSA) is 44.7 Å². The quantitative estimate of drug-likeness (QED) is 0.780. The lowest BCUT2D eigenvalue weighted by molar-refractivity contribution is 0.246. The van der Waals surface area contributed by atoms with E-state index in [9.17, 15) is 5.11 Å². The molecule has 1 aromatic carbocycles. The first-order valence-corrected chi connectivity index (χ1v) is 5.57. The molecule has 1 atom stereocenters. The smallest absolute Gasteiger partial charge is 0.119 e. The lowest BCUT2D eigenvalue weighted by Crippen LogP contribution is -2.53. The molecule has 0 bridgehead atoms. The summed E-state index contributed by atoms with van der Waals surface area (Å²) in [5.41, 5.74) is 1.14. The Morgan fingerprint density at radius 1 is 1.44 bits per heavy atom. The molecule has 0 aliphatic carbocycles. The van der Waals surface area contributed by atoms with Crippen LogP contribution in [0.15, 0.2) is 24.3 Å². The molecule has 0 spiro atoms. The largest absolute Gasteiger partial charge is 0.497 e. The van der Waals surface area contributed by atoms with Crippen molar-refractivity contribution in [2.75, 3.05) is 38.3 Å². The lowest BCUT2D eigenvalue weighted by atomic mass is 10.1. The Kier molecular flexibility index (Phi) is 3.64. The second kappa shape index (κ2) is 5.18. The second-order valence-corrected chi connectivity index (χ2v) is 3.93. The number of aliphatic hydroxyl groups excluding tert-OH is 1. The van der Waals surface area contributed by atoms with Crippen LogP contribution in [0, 0.1) is 0 Å². The van der Waals surface area contributed by atoms with Gasteiger partial charge in [-0.25, -0.2) is 0 Å². The van der Waals surface area contributed by atoms with E-state index in [1.165, 1.54) is 0 Å². The highest BCUT2D eigenvalue weighted by molar-refractivity contribution is 5.50. The standard InChI is InChI=1S/C12H18N2O2/c1-16-12-4-2-10(3-5-12)14-7-6-13-8-11(14)9-15/h2-5,11,13,15H,6-9H2,1H3. The fraction of sp³-hybridized carbons (Fsp3) is 0.500. The van der Waals surface area contributed by atoms with E-state index in [1.54, 1.807) is 7.11 Å². The van der Waals surface area contributed by atoms with Crippen LogP contribution in [0.3, 0.4) is 0 Å². The van der Waals surface area contributed by atoms with Crippen LogP contribution in [0.25, 0.3) is 0 Å². The molecule has 0 amide bonds. The van der Waals surface area contributed by atoms with E-state index in [0.717, 1.165) is 31.1 Å². The van der Waals surface area contributed by atoms with Gasteiger partial charge in [-0.3, -0.25) is 0 Å². The molecular formula is C12H18N2O2. The number of anilines is 1. The molecule has 1 heterocycles. The van der Waals surface area contributed by atoms with E-state index in [-0.39, 0.29) is 12.6 Å². The predicted octanol–water partition coefficient (Wildman–Crippen LogP) is 0.466. The van der Waals surface area contributed by atoms with E-state index in [1.807, 2.05) is 24.3 Å². The minimum absolute atomic E-state index is 0.169. The van der Waals surface area contributed by atoms with Gasteiger partial charge in [-0.2, -0.15) is 0 Å². The SMILES string of the molecule is COc1ccc(N2CCNCC2CO)cc1. The van der Waals surface area contributed by atoms with Crippen LogP contribution < -0.4 is 15.0 Å². The fourth-order valence-electron chi connectivity index (χ4n) is 2.04. The van der Waals surface area contributed by atoms with Gasteiger partial charge in [0.1, 0.15) is 5.75 Å². The van der Waals surface area contributed by atoms with Crippen molar-refractivity contribution in [3.63, 3.8) is 0 Å². The highest BCUT2D eigenvalue weighted by Gasteiger charge is 2.21. The molecule has 1 aromatic rings. The molecule has 4 heteroatoms. The molecule has 1 unspecified atom stereocenters. The Hall–Kier alpha value is -1.26. The number of piperazine rings is 1. The van der Waals surface area contributed by atoms with Gasteiger partial charge in [-0.05, 0) is 24.3 Å². The zero-order valence-corrected chi connectivity index (χ0v) is 9.52. The van der Waals surface area contributed by atoms with Gasteiger partial charge in [0.05, 0.1) is 19.8 Å². The van der Waals surface area contributed by atoms with Crippen LogP contribution in [-0.4, -0.2) is 44.5 Å². The summed E-state index contributed by atoms with van der Waals surface area (Å²) < 4.78 is 5.13. The molecule has 2 N–H and O–H groups in total. The summed E-state index contributed by atoms with van der Waals surface area (Å²) in [5.74, 6) is 0.861. The molecule has 1 aliphatic heterocycles. The Balaban J connectivity index is 2.14. The van der Waals surface area contributed by atoms with Crippen LogP contribution >= 0.6 is 0 Å². The summed E-state index contributed by atoms with van der Waals surface area (Å²) >= 11 is 0. The third-order valence-corrected chi connectivity index (χ3v) is 2.97. The molecule has 1 fully saturated rings. The molecule has 88 valence electrons. The van der Waals surface area contributed by atoms with E-state index in [4.69, 9.17) is 4.74 Å². The summed E-state index contributed by atoms with van der Waals surface area (Å²) in [7, 11) is 1.66. The average Bonchev–Trinajstić information content (AvgIpc) is 2.39. The van der Waals surface area contributed by atoms with Crippen LogP contribution in [0.5, 0.6) is 5.75 Å². The van der Waals surface area contributed by atoms with Gasteiger partial charge < -0.3 is 20.1 Å². The van der Waals surface area contributed by atoms with Gasteiger partial charge in [0.2, 0.25) is 0 Å². The number of hydrogen-bond donors (Lipinski definition) is 2. The molecule has 4 nitrogen and oxygen atoms in total. The van der Waals surface area contributed by atoms with Crippen molar-refractivity contribution in [3.8, 4) is 5.75 Å². The van der Waals surface area contributed by atoms with Gasteiger partial charge >= 0.3 is 0 Å². The highest BCUT2D eigenvalue weighted by Crippen LogP contribution is 2.21. The Morgan fingerprint density at radius 2 is 2.19 bits per heavy atom. The zero-order chi connectivity index (χ0) is 11.4. The number of ether oxygens (including phenoxy) is 1. The van der Waals surface area contributed by atoms with Gasteiger partial charge in [0.25, 0.3) is 0 Å². The van der Waals surface area contributed by atoms with E-state index >= 15 is 0 Å². The Labute approximate surface area is 95.8 Å². The minimum atomic E-state index is 0.169. The number of nitrogens with one attached hydrogen (secondary N) is 1. The number of hydrogen-bond acceptors (Lipinski definition) is 4. The molecule has 16 heavy (non-hydrogen) atoms. The summed E-state index contributed by atoms with van der Waals surface area (Å²) in [6, 6.07) is 8.14. The van der Waals surface area contributed by atoms with Crippen molar-refractivity contribution in [1.29, 1.82) is 0 Å². The number of benzene rings is 1. The molecule has 2 rings (SSSR count). The normalized spacial score (nSPS) is 20.9. The van der Waals surface area contributed by atoms with Crippen LogP contribution in [0.1, 0.15) is 0 Å². The van der Waals surface area contributed by atoms with Gasteiger partial charge in [0, 0.05) is 25.3 Å². The third-order valence-electron chi connectivity index (χ3n) is 2.97. The van der Waals surface area contributed by atoms with E-state index in [2.05, 4.69) is 10.2 Å². The molecule has 1 aliphatic rings. The van der Waals surface area contributed by atoms with Crippen LogP contribution in [0.2, 0.25) is 0 Å². The van der Waals surface area contributed by atoms with Crippen molar-refractivity contribution < 1.29 is 9.84 Å². The van der Waals surface area contributed by atoms with Crippen LogP contribution in [-0.2, 0) is 0 Å². The van der Waals surface area contributed by atoms with Crippen molar-refractivity contribution in [1.82, 2.24) is 5.32 Å². The maximum absolute atomic E-state index is 9.32. The minimum Gasteiger partial charge on any atom is -0.497 e. The first kappa shape index (κ1) is 11.2. The number of aliphatic hydroxyl groups is 1. The van der Waals surface area contributed by atoms with E-state index < -0.39 is 0 Å². The summed E-state index contributed by atoms with van der Waals surface area (Å²) in [6.07, 6.45) is 0. The van der Waals surface area contributed by atoms with Crippen molar-refractivity contribution >= 4 is 5.69 Å².